The molecule has 146 valence electrons. The predicted octanol–water partition coefficient (Wildman–Crippen LogP) is 3.74. The van der Waals surface area contributed by atoms with Crippen LogP contribution in [-0.4, -0.2) is 49.7 Å². The van der Waals surface area contributed by atoms with Gasteiger partial charge in [-0.1, -0.05) is 37.3 Å². The third-order valence-corrected chi connectivity index (χ3v) is 5.22. The molecule has 1 fully saturated rings. The number of carbonyl (C=O) groups excluding carboxylic acids is 1. The van der Waals surface area contributed by atoms with E-state index in [2.05, 4.69) is 54.5 Å². The Bertz CT molecular complexity index is 875. The van der Waals surface area contributed by atoms with Gasteiger partial charge in [0.05, 0.1) is 5.71 Å². The van der Waals surface area contributed by atoms with Gasteiger partial charge >= 0.3 is 0 Å². The van der Waals surface area contributed by atoms with Crippen molar-refractivity contribution in [3.63, 3.8) is 0 Å². The van der Waals surface area contributed by atoms with Crippen molar-refractivity contribution in [1.29, 1.82) is 0 Å². The number of hydrogen-bond acceptors (Lipinski definition) is 3. The molecule has 4 heteroatoms. The molecule has 2 aromatic carbocycles. The van der Waals surface area contributed by atoms with Crippen molar-refractivity contribution in [2.75, 3.05) is 33.2 Å². The highest BCUT2D eigenvalue weighted by Crippen LogP contribution is 2.15. The third kappa shape index (κ3) is 4.76. The summed E-state index contributed by atoms with van der Waals surface area (Å²) in [5, 5.41) is 3.27. The minimum atomic E-state index is 0.111. The molecule has 0 unspecified atom stereocenters. The van der Waals surface area contributed by atoms with Gasteiger partial charge in [0.15, 0.2) is 0 Å². The maximum atomic E-state index is 12.6. The summed E-state index contributed by atoms with van der Waals surface area (Å²) in [5.41, 5.74) is 6.47. The first-order chi connectivity index (χ1) is 13.6. The Labute approximate surface area is 168 Å². The first-order valence-corrected chi connectivity index (χ1v) is 9.97. The highest BCUT2D eigenvalue weighted by atomic mass is 16.2. The monoisotopic (exact) mass is 375 g/mol. The number of piperazine rings is 1. The molecule has 0 aromatic heterocycles. The number of nitrogens with zero attached hydrogens (tertiary/aromatic N) is 2. The second-order valence-corrected chi connectivity index (χ2v) is 7.11. The first-order valence-electron chi connectivity index (χ1n) is 9.97. The quantitative estimate of drug-likeness (QED) is 0.809. The maximum absolute atomic E-state index is 12.6. The fraction of sp³-hybridized carbons (Fsp3) is 0.333. The first kappa shape index (κ1) is 20.0. The SMILES string of the molecule is CCc1ccc(C)c(C(/C=C/c2ccc(C(=O)N3CCNCC3)cc2)=NC)c1. The lowest BCUT2D eigenvalue weighted by atomic mass is 9.99. The fourth-order valence-corrected chi connectivity index (χ4v) is 3.41. The molecule has 0 saturated carbocycles. The van der Waals surface area contributed by atoms with Gasteiger partial charge in [-0.25, -0.2) is 0 Å². The van der Waals surface area contributed by atoms with E-state index in [9.17, 15) is 4.79 Å². The lowest BCUT2D eigenvalue weighted by Gasteiger charge is -2.27. The summed E-state index contributed by atoms with van der Waals surface area (Å²) >= 11 is 0. The minimum absolute atomic E-state index is 0.111. The Kier molecular flexibility index (Phi) is 6.77. The highest BCUT2D eigenvalue weighted by molar-refractivity contribution is 6.11. The summed E-state index contributed by atoms with van der Waals surface area (Å²) in [6, 6.07) is 14.4. The van der Waals surface area contributed by atoms with Gasteiger partial charge in [0.1, 0.15) is 0 Å². The van der Waals surface area contributed by atoms with E-state index in [0.717, 1.165) is 49.4 Å². The van der Waals surface area contributed by atoms with Gasteiger partial charge in [0.25, 0.3) is 5.91 Å². The molecule has 1 heterocycles. The molecule has 1 aliphatic heterocycles. The van der Waals surface area contributed by atoms with Crippen LogP contribution in [0.25, 0.3) is 6.08 Å². The van der Waals surface area contributed by atoms with Crippen molar-refractivity contribution in [1.82, 2.24) is 10.2 Å². The number of nitrogens with one attached hydrogen (secondary N) is 1. The van der Waals surface area contributed by atoms with Gasteiger partial charge in [0, 0.05) is 44.4 Å². The van der Waals surface area contributed by atoms with Crippen LogP contribution in [0.1, 0.15) is 39.5 Å². The van der Waals surface area contributed by atoms with Crippen molar-refractivity contribution in [2.24, 2.45) is 4.99 Å². The Morgan fingerprint density at radius 1 is 1.14 bits per heavy atom. The molecule has 1 aliphatic rings. The zero-order chi connectivity index (χ0) is 19.9. The number of aryl methyl sites for hydroxylation is 2. The Morgan fingerprint density at radius 3 is 2.50 bits per heavy atom. The molecule has 0 atom stereocenters. The van der Waals surface area contributed by atoms with Crippen molar-refractivity contribution < 1.29 is 4.79 Å². The number of hydrogen-bond donors (Lipinski definition) is 1. The van der Waals surface area contributed by atoms with Gasteiger partial charge in [-0.05, 0) is 54.3 Å². The molecule has 2 aromatic rings. The summed E-state index contributed by atoms with van der Waals surface area (Å²) in [6.45, 7) is 7.55. The van der Waals surface area contributed by atoms with E-state index in [0.29, 0.717) is 0 Å². The van der Waals surface area contributed by atoms with Gasteiger partial charge in [0.2, 0.25) is 0 Å². The van der Waals surface area contributed by atoms with E-state index in [1.54, 1.807) is 0 Å². The highest BCUT2D eigenvalue weighted by Gasteiger charge is 2.17. The Balaban J connectivity index is 1.73. The largest absolute Gasteiger partial charge is 0.336 e. The molecule has 0 radical (unpaired) electrons. The van der Waals surface area contributed by atoms with E-state index in [4.69, 9.17) is 0 Å². The molecule has 3 rings (SSSR count). The molecule has 0 spiro atoms. The summed E-state index contributed by atoms with van der Waals surface area (Å²) in [6.07, 6.45) is 5.12. The van der Waals surface area contributed by atoms with E-state index < -0.39 is 0 Å². The molecule has 0 bridgehead atoms. The van der Waals surface area contributed by atoms with Crippen LogP contribution in [-0.2, 0) is 6.42 Å². The summed E-state index contributed by atoms with van der Waals surface area (Å²) in [7, 11) is 1.83. The van der Waals surface area contributed by atoms with Crippen LogP contribution in [0.15, 0.2) is 53.5 Å². The number of amides is 1. The topological polar surface area (TPSA) is 44.7 Å². The van der Waals surface area contributed by atoms with Gasteiger partial charge < -0.3 is 10.2 Å². The lowest BCUT2D eigenvalue weighted by molar-refractivity contribution is 0.0736. The second kappa shape index (κ2) is 9.47. The molecule has 1 amide bonds. The van der Waals surface area contributed by atoms with Gasteiger partial charge in [-0.15, -0.1) is 0 Å². The normalized spacial score (nSPS) is 15.2. The maximum Gasteiger partial charge on any atom is 0.253 e. The summed E-state index contributed by atoms with van der Waals surface area (Å²) in [5.74, 6) is 0.111. The number of aliphatic imine (C=N–C) groups is 1. The third-order valence-electron chi connectivity index (χ3n) is 5.22. The van der Waals surface area contributed by atoms with Crippen LogP contribution in [0.3, 0.4) is 0 Å². The number of carbonyl (C=O) groups is 1. The molecular weight excluding hydrogens is 346 g/mol. The van der Waals surface area contributed by atoms with Crippen LogP contribution in [0.5, 0.6) is 0 Å². The summed E-state index contributed by atoms with van der Waals surface area (Å²) < 4.78 is 0. The smallest absolute Gasteiger partial charge is 0.253 e. The minimum Gasteiger partial charge on any atom is -0.336 e. The molecular formula is C24H29N3O. The van der Waals surface area contributed by atoms with E-state index in [-0.39, 0.29) is 5.91 Å². The van der Waals surface area contributed by atoms with Crippen LogP contribution in [0.4, 0.5) is 0 Å². The number of benzene rings is 2. The molecule has 1 N–H and O–H groups in total. The zero-order valence-corrected chi connectivity index (χ0v) is 17.0. The molecule has 28 heavy (non-hydrogen) atoms. The second-order valence-electron chi connectivity index (χ2n) is 7.11. The van der Waals surface area contributed by atoms with Crippen LogP contribution >= 0.6 is 0 Å². The van der Waals surface area contributed by atoms with Crippen LogP contribution in [0.2, 0.25) is 0 Å². The van der Waals surface area contributed by atoms with Gasteiger partial charge in [-0.2, -0.15) is 0 Å². The standard InChI is InChI=1S/C24H29N3O/c1-4-19-6-5-18(2)22(17-19)23(25-3)12-9-20-7-10-21(11-8-20)24(28)27-15-13-26-14-16-27/h5-12,17,26H,4,13-16H2,1-3H3/b12-9+,25-23?. The van der Waals surface area contributed by atoms with E-state index in [1.165, 1.54) is 16.7 Å². The van der Waals surface area contributed by atoms with Gasteiger partial charge in [-0.3, -0.25) is 9.79 Å². The number of rotatable bonds is 5. The molecule has 4 nitrogen and oxygen atoms in total. The van der Waals surface area contributed by atoms with E-state index >= 15 is 0 Å². The fourth-order valence-electron chi connectivity index (χ4n) is 3.41. The lowest BCUT2D eigenvalue weighted by Crippen LogP contribution is -2.46. The summed E-state index contributed by atoms with van der Waals surface area (Å²) in [4.78, 5) is 19.0. The van der Waals surface area contributed by atoms with E-state index in [1.807, 2.05) is 36.2 Å². The average Bonchev–Trinajstić information content (AvgIpc) is 2.76. The molecule has 0 aliphatic carbocycles. The Hall–Kier alpha value is -2.72. The predicted molar refractivity (Wildman–Crippen MR) is 117 cm³/mol. The van der Waals surface area contributed by atoms with Crippen LogP contribution < -0.4 is 5.32 Å². The van der Waals surface area contributed by atoms with Crippen molar-refractivity contribution in [2.45, 2.75) is 20.3 Å². The molecule has 1 saturated heterocycles. The van der Waals surface area contributed by atoms with Crippen molar-refractivity contribution in [3.8, 4) is 0 Å². The zero-order valence-electron chi connectivity index (χ0n) is 17.0. The number of allylic oxidation sites excluding steroid dienone is 1. The van der Waals surface area contributed by atoms with Crippen LogP contribution in [0, 0.1) is 6.92 Å². The Morgan fingerprint density at radius 2 is 1.86 bits per heavy atom. The van der Waals surface area contributed by atoms with Crippen molar-refractivity contribution in [3.05, 3.63) is 76.4 Å². The van der Waals surface area contributed by atoms with Crippen molar-refractivity contribution >= 4 is 17.7 Å². The average molecular weight is 376 g/mol.